The fourth-order valence-corrected chi connectivity index (χ4v) is 1.17. The highest BCUT2D eigenvalue weighted by molar-refractivity contribution is 5.76. The van der Waals surface area contributed by atoms with E-state index in [2.05, 4.69) is 17.1 Å². The van der Waals surface area contributed by atoms with Crippen LogP contribution in [-0.2, 0) is 9.59 Å². The van der Waals surface area contributed by atoms with E-state index in [1.165, 1.54) is 0 Å². The van der Waals surface area contributed by atoms with Gasteiger partial charge in [-0.1, -0.05) is 12.5 Å². The van der Waals surface area contributed by atoms with E-state index < -0.39 is 5.97 Å². The van der Waals surface area contributed by atoms with E-state index in [4.69, 9.17) is 5.11 Å². The van der Waals surface area contributed by atoms with Crippen LogP contribution in [0.15, 0.2) is 17.8 Å². The van der Waals surface area contributed by atoms with Gasteiger partial charge in [-0.05, 0) is 25.7 Å². The first-order chi connectivity index (χ1) is 8.16. The third-order valence-corrected chi connectivity index (χ3v) is 2.07. The molecule has 0 saturated heterocycles. The van der Waals surface area contributed by atoms with Gasteiger partial charge in [0.25, 0.3) is 0 Å². The number of hydrogen-bond donors (Lipinski definition) is 2. The maximum absolute atomic E-state index is 11.2. The SMILES string of the molecule is C=CCC/C=N/NC(=O)CCCCCC(=O)O. The highest BCUT2D eigenvalue weighted by Gasteiger charge is 2.00. The number of nitrogens with zero attached hydrogens (tertiary/aromatic N) is 1. The van der Waals surface area contributed by atoms with Crippen LogP contribution in [0.5, 0.6) is 0 Å². The second kappa shape index (κ2) is 10.9. The number of carbonyl (C=O) groups is 2. The summed E-state index contributed by atoms with van der Waals surface area (Å²) in [5.74, 6) is -0.920. The molecule has 0 aromatic heterocycles. The quantitative estimate of drug-likeness (QED) is 0.265. The maximum Gasteiger partial charge on any atom is 0.303 e. The van der Waals surface area contributed by atoms with Crippen LogP contribution in [0, 0.1) is 0 Å². The van der Waals surface area contributed by atoms with Crippen LogP contribution in [0.4, 0.5) is 0 Å². The first-order valence-corrected chi connectivity index (χ1v) is 5.80. The highest BCUT2D eigenvalue weighted by Crippen LogP contribution is 2.02. The molecule has 0 rings (SSSR count). The van der Waals surface area contributed by atoms with Crippen LogP contribution in [0.2, 0.25) is 0 Å². The van der Waals surface area contributed by atoms with Crippen molar-refractivity contribution in [1.82, 2.24) is 5.43 Å². The molecule has 0 aliphatic heterocycles. The average Bonchev–Trinajstić information content (AvgIpc) is 2.28. The lowest BCUT2D eigenvalue weighted by molar-refractivity contribution is -0.137. The van der Waals surface area contributed by atoms with Gasteiger partial charge in [-0.2, -0.15) is 5.10 Å². The summed E-state index contributed by atoms with van der Waals surface area (Å²) in [5.41, 5.74) is 2.42. The molecule has 0 fully saturated rings. The molecule has 96 valence electrons. The predicted octanol–water partition coefficient (Wildman–Crippen LogP) is 2.09. The molecule has 0 radical (unpaired) electrons. The fourth-order valence-electron chi connectivity index (χ4n) is 1.17. The number of hydrazone groups is 1. The van der Waals surface area contributed by atoms with Crippen LogP contribution < -0.4 is 5.43 Å². The summed E-state index contributed by atoms with van der Waals surface area (Å²) in [6, 6.07) is 0. The molecule has 0 atom stereocenters. The van der Waals surface area contributed by atoms with E-state index in [1.807, 2.05) is 0 Å². The van der Waals surface area contributed by atoms with Crippen molar-refractivity contribution in [2.75, 3.05) is 0 Å². The lowest BCUT2D eigenvalue weighted by atomic mass is 10.1. The normalized spacial score (nSPS) is 10.4. The van der Waals surface area contributed by atoms with Gasteiger partial charge in [0.2, 0.25) is 5.91 Å². The van der Waals surface area contributed by atoms with E-state index in [0.29, 0.717) is 19.3 Å². The van der Waals surface area contributed by atoms with Gasteiger partial charge in [-0.15, -0.1) is 6.58 Å². The molecule has 5 nitrogen and oxygen atoms in total. The molecule has 0 saturated carbocycles. The molecule has 0 aliphatic rings. The monoisotopic (exact) mass is 240 g/mol. The Morgan fingerprint density at radius 2 is 1.88 bits per heavy atom. The third-order valence-electron chi connectivity index (χ3n) is 2.07. The van der Waals surface area contributed by atoms with Crippen LogP contribution in [0.25, 0.3) is 0 Å². The first kappa shape index (κ1) is 15.3. The van der Waals surface area contributed by atoms with E-state index in [-0.39, 0.29) is 12.3 Å². The number of nitrogens with one attached hydrogen (secondary N) is 1. The van der Waals surface area contributed by atoms with Gasteiger partial charge in [0.05, 0.1) is 0 Å². The largest absolute Gasteiger partial charge is 0.481 e. The van der Waals surface area contributed by atoms with Crippen LogP contribution in [0.1, 0.15) is 44.9 Å². The van der Waals surface area contributed by atoms with Crippen LogP contribution in [-0.4, -0.2) is 23.2 Å². The van der Waals surface area contributed by atoms with Gasteiger partial charge in [-0.25, -0.2) is 5.43 Å². The van der Waals surface area contributed by atoms with Gasteiger partial charge >= 0.3 is 5.97 Å². The minimum Gasteiger partial charge on any atom is -0.481 e. The molecule has 2 N–H and O–H groups in total. The van der Waals surface area contributed by atoms with E-state index in [0.717, 1.165) is 19.3 Å². The molecule has 5 heteroatoms. The van der Waals surface area contributed by atoms with Gasteiger partial charge < -0.3 is 5.11 Å². The Bertz CT molecular complexity index is 275. The summed E-state index contributed by atoms with van der Waals surface area (Å²) in [6.07, 6.45) is 7.66. The topological polar surface area (TPSA) is 78.8 Å². The molecule has 17 heavy (non-hydrogen) atoms. The number of amides is 1. The lowest BCUT2D eigenvalue weighted by Gasteiger charge is -1.99. The number of rotatable bonds is 10. The van der Waals surface area contributed by atoms with Crippen LogP contribution in [0.3, 0.4) is 0 Å². The molecule has 0 aromatic carbocycles. The first-order valence-electron chi connectivity index (χ1n) is 5.80. The summed E-state index contributed by atoms with van der Waals surface area (Å²) in [7, 11) is 0. The Morgan fingerprint density at radius 3 is 2.53 bits per heavy atom. The lowest BCUT2D eigenvalue weighted by Crippen LogP contribution is -2.16. The summed E-state index contributed by atoms with van der Waals surface area (Å²) in [6.45, 7) is 3.57. The predicted molar refractivity (Wildman–Crippen MR) is 66.8 cm³/mol. The molecule has 1 amide bonds. The number of unbranched alkanes of at least 4 members (excludes halogenated alkanes) is 3. The summed E-state index contributed by atoms with van der Waals surface area (Å²) < 4.78 is 0. The van der Waals surface area contributed by atoms with Crippen molar-refractivity contribution in [2.24, 2.45) is 5.10 Å². The number of carboxylic acids is 1. The van der Waals surface area contributed by atoms with Crippen molar-refractivity contribution in [3.05, 3.63) is 12.7 Å². The summed E-state index contributed by atoms with van der Waals surface area (Å²) in [5, 5.41) is 12.2. The standard InChI is InChI=1S/C12H20N2O3/c1-2-3-7-10-13-14-11(15)8-5-4-6-9-12(16)17/h2,10H,1,3-9H2,(H,14,15)(H,16,17)/b13-10+. The molecule has 0 aliphatic carbocycles. The molecular weight excluding hydrogens is 220 g/mol. The van der Waals surface area contributed by atoms with Crippen molar-refractivity contribution in [2.45, 2.75) is 44.9 Å². The van der Waals surface area contributed by atoms with Gasteiger partial charge in [0.15, 0.2) is 0 Å². The number of carboxylic acid groups (broad SMARTS) is 1. The highest BCUT2D eigenvalue weighted by atomic mass is 16.4. The smallest absolute Gasteiger partial charge is 0.303 e. The molecule has 0 aromatic rings. The fraction of sp³-hybridized carbons (Fsp3) is 0.583. The van der Waals surface area contributed by atoms with Gasteiger partial charge in [0, 0.05) is 19.1 Å². The number of aliphatic carboxylic acids is 1. The van der Waals surface area contributed by atoms with Crippen LogP contribution >= 0.6 is 0 Å². The second-order valence-electron chi connectivity index (χ2n) is 3.67. The number of hydrogen-bond acceptors (Lipinski definition) is 3. The van der Waals surface area contributed by atoms with Crippen molar-refractivity contribution >= 4 is 18.1 Å². The van der Waals surface area contributed by atoms with Crippen molar-refractivity contribution < 1.29 is 14.7 Å². The molecule has 0 spiro atoms. The van der Waals surface area contributed by atoms with Crippen molar-refractivity contribution in [1.29, 1.82) is 0 Å². The molecule has 0 bridgehead atoms. The Hall–Kier alpha value is -1.65. The third kappa shape index (κ3) is 12.3. The second-order valence-corrected chi connectivity index (χ2v) is 3.67. The number of allylic oxidation sites excluding steroid dienone is 1. The minimum absolute atomic E-state index is 0.129. The van der Waals surface area contributed by atoms with Gasteiger partial charge in [0.1, 0.15) is 0 Å². The van der Waals surface area contributed by atoms with E-state index in [9.17, 15) is 9.59 Å². The average molecular weight is 240 g/mol. The van der Waals surface area contributed by atoms with Crippen molar-refractivity contribution in [3.63, 3.8) is 0 Å². The van der Waals surface area contributed by atoms with E-state index >= 15 is 0 Å². The zero-order valence-electron chi connectivity index (χ0n) is 10.0. The Labute approximate surface area is 102 Å². The molecular formula is C12H20N2O3. The number of carbonyl (C=O) groups excluding carboxylic acids is 1. The minimum atomic E-state index is -0.790. The Kier molecular flexibility index (Phi) is 9.80. The molecule has 0 heterocycles. The van der Waals surface area contributed by atoms with Crippen molar-refractivity contribution in [3.8, 4) is 0 Å². The molecule has 0 unspecified atom stereocenters. The zero-order chi connectivity index (χ0) is 12.9. The Morgan fingerprint density at radius 1 is 1.18 bits per heavy atom. The maximum atomic E-state index is 11.2. The van der Waals surface area contributed by atoms with E-state index in [1.54, 1.807) is 12.3 Å². The summed E-state index contributed by atoms with van der Waals surface area (Å²) in [4.78, 5) is 21.4. The Balaban J connectivity index is 3.37. The van der Waals surface area contributed by atoms with Gasteiger partial charge in [-0.3, -0.25) is 9.59 Å². The summed E-state index contributed by atoms with van der Waals surface area (Å²) >= 11 is 0. The zero-order valence-corrected chi connectivity index (χ0v) is 10.0.